The molecule has 1 aromatic carbocycles. The number of benzene rings is 1. The molecule has 0 bridgehead atoms. The molecule has 0 spiro atoms. The van der Waals surface area contributed by atoms with Crippen LogP contribution in [0.4, 0.5) is 4.39 Å². The minimum absolute atomic E-state index is 0.0710. The van der Waals surface area contributed by atoms with Gasteiger partial charge in [0.1, 0.15) is 5.82 Å². The van der Waals surface area contributed by atoms with Crippen LogP contribution in [0.15, 0.2) is 18.2 Å². The molecule has 0 fully saturated rings. The number of carbonyl (C=O) groups is 1. The van der Waals surface area contributed by atoms with Crippen molar-refractivity contribution in [2.45, 2.75) is 6.92 Å². The smallest absolute Gasteiger partial charge is 0.172 e. The lowest BCUT2D eigenvalue weighted by Crippen LogP contribution is -2.03. The predicted molar refractivity (Wildman–Crippen MR) is 58.4 cm³/mol. The van der Waals surface area contributed by atoms with Crippen molar-refractivity contribution in [2.75, 3.05) is 11.5 Å². The first-order valence-corrected chi connectivity index (χ1v) is 5.54. The van der Waals surface area contributed by atoms with Crippen molar-refractivity contribution in [3.05, 3.63) is 35.1 Å². The van der Waals surface area contributed by atoms with Crippen molar-refractivity contribution in [3.63, 3.8) is 0 Å². The van der Waals surface area contributed by atoms with Gasteiger partial charge in [0.2, 0.25) is 0 Å². The molecular formula is C11H10FNOS. The summed E-state index contributed by atoms with van der Waals surface area (Å²) < 4.78 is 12.9. The van der Waals surface area contributed by atoms with Gasteiger partial charge in [-0.1, -0.05) is 0 Å². The molecule has 0 aliphatic rings. The molecule has 0 aromatic heterocycles. The van der Waals surface area contributed by atoms with E-state index < -0.39 is 0 Å². The Bertz CT molecular complexity index is 412. The molecule has 0 N–H and O–H groups in total. The highest BCUT2D eigenvalue weighted by Gasteiger charge is 2.07. The van der Waals surface area contributed by atoms with Gasteiger partial charge in [0.25, 0.3) is 0 Å². The highest BCUT2D eigenvalue weighted by atomic mass is 32.2. The fourth-order valence-electron chi connectivity index (χ4n) is 1.09. The first-order valence-electron chi connectivity index (χ1n) is 4.39. The van der Waals surface area contributed by atoms with Crippen LogP contribution in [0, 0.1) is 24.1 Å². The lowest BCUT2D eigenvalue weighted by Gasteiger charge is -2.01. The fraction of sp³-hybridized carbons (Fsp3) is 0.273. The second-order valence-electron chi connectivity index (χ2n) is 3.04. The van der Waals surface area contributed by atoms with E-state index in [1.165, 1.54) is 30.0 Å². The van der Waals surface area contributed by atoms with E-state index >= 15 is 0 Å². The number of carbonyl (C=O) groups excluding carboxylic acids is 1. The summed E-state index contributed by atoms with van der Waals surface area (Å²) in [4.78, 5) is 11.5. The minimum Gasteiger partial charge on any atom is -0.293 e. The maximum absolute atomic E-state index is 12.9. The van der Waals surface area contributed by atoms with E-state index in [9.17, 15) is 9.18 Å². The molecule has 15 heavy (non-hydrogen) atoms. The van der Waals surface area contributed by atoms with Crippen molar-refractivity contribution >= 4 is 17.5 Å². The van der Waals surface area contributed by atoms with Crippen LogP contribution in [0.2, 0.25) is 0 Å². The van der Waals surface area contributed by atoms with E-state index in [0.29, 0.717) is 16.9 Å². The summed E-state index contributed by atoms with van der Waals surface area (Å²) in [7, 11) is 0. The van der Waals surface area contributed by atoms with Crippen LogP contribution >= 0.6 is 11.8 Å². The predicted octanol–water partition coefficient (Wildman–Crippen LogP) is 2.57. The molecular weight excluding hydrogens is 213 g/mol. The van der Waals surface area contributed by atoms with Crippen molar-refractivity contribution in [1.82, 2.24) is 0 Å². The largest absolute Gasteiger partial charge is 0.293 e. The lowest BCUT2D eigenvalue weighted by molar-refractivity contribution is 0.102. The van der Waals surface area contributed by atoms with Gasteiger partial charge in [0, 0.05) is 5.56 Å². The monoisotopic (exact) mass is 223 g/mol. The maximum Gasteiger partial charge on any atom is 0.172 e. The van der Waals surface area contributed by atoms with E-state index in [1.54, 1.807) is 6.92 Å². The summed E-state index contributed by atoms with van der Waals surface area (Å²) in [5.74, 6) is 0.180. The molecule has 0 radical (unpaired) electrons. The van der Waals surface area contributed by atoms with E-state index in [1.807, 2.05) is 6.07 Å². The Balaban J connectivity index is 2.67. The third kappa shape index (κ3) is 3.37. The second-order valence-corrected chi connectivity index (χ2v) is 4.02. The number of ketones is 1. The summed E-state index contributed by atoms with van der Waals surface area (Å²) in [5.41, 5.74) is 0.963. The van der Waals surface area contributed by atoms with Crippen LogP contribution in [-0.4, -0.2) is 17.3 Å². The van der Waals surface area contributed by atoms with E-state index in [-0.39, 0.29) is 17.4 Å². The fourth-order valence-corrected chi connectivity index (χ4v) is 1.64. The first kappa shape index (κ1) is 11.7. The van der Waals surface area contributed by atoms with Gasteiger partial charge in [-0.3, -0.25) is 4.79 Å². The SMILES string of the molecule is Cc1cc(C(=O)CSCC#N)ccc1F. The molecule has 4 heteroatoms. The normalized spacial score (nSPS) is 9.67. The Morgan fingerprint density at radius 2 is 2.33 bits per heavy atom. The Hall–Kier alpha value is -1.34. The van der Waals surface area contributed by atoms with Gasteiger partial charge in [-0.15, -0.1) is 11.8 Å². The molecule has 2 nitrogen and oxygen atoms in total. The third-order valence-corrected chi connectivity index (χ3v) is 2.68. The standard InChI is InChI=1S/C11H10FNOS/c1-8-6-9(2-3-10(8)12)11(14)7-15-5-4-13/h2-3,6H,5,7H2,1H3. The number of hydrogen-bond donors (Lipinski definition) is 0. The Kier molecular flexibility index (Phi) is 4.32. The summed E-state index contributed by atoms with van der Waals surface area (Å²) in [6.07, 6.45) is 0. The van der Waals surface area contributed by atoms with Gasteiger partial charge in [-0.2, -0.15) is 5.26 Å². The molecule has 0 amide bonds. The van der Waals surface area contributed by atoms with Gasteiger partial charge in [0.05, 0.1) is 17.6 Å². The van der Waals surface area contributed by atoms with Crippen LogP contribution in [0.5, 0.6) is 0 Å². The zero-order chi connectivity index (χ0) is 11.3. The van der Waals surface area contributed by atoms with E-state index in [4.69, 9.17) is 5.26 Å². The number of nitrogens with zero attached hydrogens (tertiary/aromatic N) is 1. The van der Waals surface area contributed by atoms with Gasteiger partial charge in [-0.05, 0) is 30.7 Å². The van der Waals surface area contributed by atoms with E-state index in [2.05, 4.69) is 0 Å². The summed E-state index contributed by atoms with van der Waals surface area (Å²) in [6, 6.07) is 6.24. The molecule has 1 rings (SSSR count). The number of rotatable bonds is 4. The van der Waals surface area contributed by atoms with Crippen LogP contribution in [0.3, 0.4) is 0 Å². The van der Waals surface area contributed by atoms with Crippen molar-refractivity contribution in [2.24, 2.45) is 0 Å². The molecule has 1 aromatic rings. The van der Waals surface area contributed by atoms with Crippen LogP contribution < -0.4 is 0 Å². The van der Waals surface area contributed by atoms with Crippen LogP contribution in [0.1, 0.15) is 15.9 Å². The molecule has 0 heterocycles. The average molecular weight is 223 g/mol. The number of nitriles is 1. The molecule has 78 valence electrons. The average Bonchev–Trinajstić information content (AvgIpc) is 2.22. The molecule has 0 saturated heterocycles. The Morgan fingerprint density at radius 3 is 2.93 bits per heavy atom. The van der Waals surface area contributed by atoms with Crippen molar-refractivity contribution in [3.8, 4) is 6.07 Å². The number of hydrogen-bond acceptors (Lipinski definition) is 3. The van der Waals surface area contributed by atoms with E-state index in [0.717, 1.165) is 0 Å². The molecule has 0 saturated carbocycles. The topological polar surface area (TPSA) is 40.9 Å². The summed E-state index contributed by atoms with van der Waals surface area (Å²) >= 11 is 1.26. The van der Waals surface area contributed by atoms with Gasteiger partial charge < -0.3 is 0 Å². The maximum atomic E-state index is 12.9. The first-order chi connectivity index (χ1) is 7.15. The number of Topliss-reactive ketones (excluding diaryl/α,β-unsaturated/α-hetero) is 1. The highest BCUT2D eigenvalue weighted by Crippen LogP contribution is 2.12. The molecule has 0 unspecified atom stereocenters. The number of thioether (sulfide) groups is 1. The lowest BCUT2D eigenvalue weighted by atomic mass is 10.1. The zero-order valence-corrected chi connectivity index (χ0v) is 9.10. The Morgan fingerprint density at radius 1 is 1.60 bits per heavy atom. The van der Waals surface area contributed by atoms with Crippen molar-refractivity contribution < 1.29 is 9.18 Å². The Labute approximate surface area is 92.1 Å². The number of aryl methyl sites for hydroxylation is 1. The number of halogens is 1. The molecule has 0 atom stereocenters. The van der Waals surface area contributed by atoms with Crippen LogP contribution in [-0.2, 0) is 0 Å². The van der Waals surface area contributed by atoms with Crippen molar-refractivity contribution in [1.29, 1.82) is 5.26 Å². The van der Waals surface area contributed by atoms with Gasteiger partial charge in [0.15, 0.2) is 5.78 Å². The highest BCUT2D eigenvalue weighted by molar-refractivity contribution is 8.00. The minimum atomic E-state index is -0.309. The summed E-state index contributed by atoms with van der Waals surface area (Å²) in [6.45, 7) is 1.62. The summed E-state index contributed by atoms with van der Waals surface area (Å²) in [5, 5.41) is 8.30. The zero-order valence-electron chi connectivity index (χ0n) is 8.29. The van der Waals surface area contributed by atoms with Crippen LogP contribution in [0.25, 0.3) is 0 Å². The molecule has 0 aliphatic carbocycles. The van der Waals surface area contributed by atoms with Gasteiger partial charge in [-0.25, -0.2) is 4.39 Å². The quantitative estimate of drug-likeness (QED) is 0.582. The molecule has 0 aliphatic heterocycles. The third-order valence-electron chi connectivity index (χ3n) is 1.88. The second kappa shape index (κ2) is 5.52. The van der Waals surface area contributed by atoms with Gasteiger partial charge >= 0.3 is 0 Å².